The van der Waals surface area contributed by atoms with Crippen molar-refractivity contribution in [3.63, 3.8) is 0 Å². The Bertz CT molecular complexity index is 645. The van der Waals surface area contributed by atoms with Crippen LogP contribution in [-0.2, 0) is 14.4 Å². The number of carboxylic acids is 1. The van der Waals surface area contributed by atoms with Gasteiger partial charge in [-0.25, -0.2) is 0 Å². The summed E-state index contributed by atoms with van der Waals surface area (Å²) in [6.07, 6.45) is 7.75. The third kappa shape index (κ3) is 4.04. The Morgan fingerprint density at radius 3 is 2.52 bits per heavy atom. The number of aliphatic hydroxyl groups excluding tert-OH is 1. The molecule has 5 nitrogen and oxygen atoms in total. The van der Waals surface area contributed by atoms with Crippen molar-refractivity contribution in [3.05, 3.63) is 0 Å². The van der Waals surface area contributed by atoms with Gasteiger partial charge >= 0.3 is 5.97 Å². The molecule has 0 bridgehead atoms. The molecule has 0 spiro atoms. The first-order valence-corrected chi connectivity index (χ1v) is 11.5. The van der Waals surface area contributed by atoms with E-state index in [-0.39, 0.29) is 35.9 Å². The molecule has 0 aromatic rings. The fourth-order valence-electron chi connectivity index (χ4n) is 7.59. The number of carbonyl (C=O) groups is 3. The molecule has 164 valence electrons. The van der Waals surface area contributed by atoms with Gasteiger partial charge in [0.25, 0.3) is 0 Å². The van der Waals surface area contributed by atoms with Gasteiger partial charge in [-0.3, -0.25) is 9.59 Å². The summed E-state index contributed by atoms with van der Waals surface area (Å²) in [5.74, 6) is 1.12. The molecule has 2 N–H and O–H groups in total. The molecule has 0 radical (unpaired) electrons. The first-order chi connectivity index (χ1) is 13.6. The Labute approximate surface area is 174 Å². The minimum absolute atomic E-state index is 0.121. The maximum atomic E-state index is 13.0. The van der Waals surface area contributed by atoms with Gasteiger partial charge in [-0.2, -0.15) is 0 Å². The summed E-state index contributed by atoms with van der Waals surface area (Å²) in [4.78, 5) is 35.6. The van der Waals surface area contributed by atoms with E-state index in [0.717, 1.165) is 38.4 Å². The number of hydrogen-bond donors (Lipinski definition) is 2. The van der Waals surface area contributed by atoms with E-state index in [9.17, 15) is 19.5 Å². The molecule has 5 heteroatoms. The van der Waals surface area contributed by atoms with Gasteiger partial charge in [-0.1, -0.05) is 20.8 Å². The number of Topliss-reactive ketones (excluding diaryl/α,β-unsaturated/α-hetero) is 1. The van der Waals surface area contributed by atoms with E-state index in [2.05, 4.69) is 20.8 Å². The highest BCUT2D eigenvalue weighted by Gasteiger charge is 2.58. The highest BCUT2D eigenvalue weighted by Crippen LogP contribution is 2.64. The summed E-state index contributed by atoms with van der Waals surface area (Å²) in [7, 11) is 0. The molecule has 8 unspecified atom stereocenters. The lowest BCUT2D eigenvalue weighted by Gasteiger charge is -2.54. The third-order valence-electron chi connectivity index (χ3n) is 9.25. The van der Waals surface area contributed by atoms with Gasteiger partial charge < -0.3 is 15.0 Å². The van der Waals surface area contributed by atoms with Crippen molar-refractivity contribution in [2.75, 3.05) is 0 Å². The van der Waals surface area contributed by atoms with E-state index in [1.54, 1.807) is 0 Å². The SMILES string of the molecule is CC(CCC(=O)O)C1CCC2C(CC=O)C(C3(C)CCC(O)CC3=O)CCC12C. The molecule has 0 saturated heterocycles. The van der Waals surface area contributed by atoms with Crippen molar-refractivity contribution in [2.24, 2.45) is 40.4 Å². The Balaban J connectivity index is 1.82. The van der Waals surface area contributed by atoms with Crippen LogP contribution < -0.4 is 0 Å². The molecular formula is C24H38O5. The minimum atomic E-state index is -0.731. The normalized spacial score (nSPS) is 43.6. The van der Waals surface area contributed by atoms with Crippen LogP contribution in [0.2, 0.25) is 0 Å². The lowest BCUT2D eigenvalue weighted by atomic mass is 9.49. The van der Waals surface area contributed by atoms with Gasteiger partial charge in [0.05, 0.1) is 6.10 Å². The van der Waals surface area contributed by atoms with Crippen LogP contribution in [0, 0.1) is 40.4 Å². The summed E-state index contributed by atoms with van der Waals surface area (Å²) in [5, 5.41) is 19.0. The van der Waals surface area contributed by atoms with Gasteiger partial charge in [-0.15, -0.1) is 0 Å². The van der Waals surface area contributed by atoms with Gasteiger partial charge in [0.15, 0.2) is 0 Å². The number of aldehydes is 1. The molecular weight excluding hydrogens is 368 g/mol. The van der Waals surface area contributed by atoms with E-state index in [1.165, 1.54) is 0 Å². The van der Waals surface area contributed by atoms with E-state index in [1.807, 2.05) is 0 Å². The average molecular weight is 407 g/mol. The Morgan fingerprint density at radius 2 is 1.90 bits per heavy atom. The number of hydrogen-bond acceptors (Lipinski definition) is 4. The predicted octanol–water partition coefficient (Wildman–Crippen LogP) is 4.26. The van der Waals surface area contributed by atoms with Crippen molar-refractivity contribution in [3.8, 4) is 0 Å². The summed E-state index contributed by atoms with van der Waals surface area (Å²) < 4.78 is 0. The first kappa shape index (κ1) is 22.5. The smallest absolute Gasteiger partial charge is 0.303 e. The summed E-state index contributed by atoms with van der Waals surface area (Å²) >= 11 is 0. The second-order valence-corrected chi connectivity index (χ2v) is 10.7. The molecule has 3 fully saturated rings. The van der Waals surface area contributed by atoms with Crippen LogP contribution in [0.4, 0.5) is 0 Å². The van der Waals surface area contributed by atoms with Gasteiger partial charge in [0.2, 0.25) is 0 Å². The fourth-order valence-corrected chi connectivity index (χ4v) is 7.59. The third-order valence-corrected chi connectivity index (χ3v) is 9.25. The maximum Gasteiger partial charge on any atom is 0.303 e. The van der Waals surface area contributed by atoms with Gasteiger partial charge in [0, 0.05) is 24.7 Å². The molecule has 0 heterocycles. The number of fused-ring (bicyclic) bond motifs is 1. The number of aliphatic carboxylic acids is 1. The van der Waals surface area contributed by atoms with Crippen LogP contribution in [0.25, 0.3) is 0 Å². The second-order valence-electron chi connectivity index (χ2n) is 10.7. The Morgan fingerprint density at radius 1 is 1.17 bits per heavy atom. The van der Waals surface area contributed by atoms with Crippen molar-refractivity contribution < 1.29 is 24.6 Å². The molecule has 3 aliphatic carbocycles. The van der Waals surface area contributed by atoms with Gasteiger partial charge in [-0.05, 0) is 80.0 Å². The average Bonchev–Trinajstić information content (AvgIpc) is 3.01. The zero-order valence-electron chi connectivity index (χ0n) is 18.2. The quantitative estimate of drug-likeness (QED) is 0.617. The Kier molecular flexibility index (Phi) is 6.57. The molecule has 0 aromatic carbocycles. The molecule has 3 aliphatic rings. The van der Waals surface area contributed by atoms with E-state index in [0.29, 0.717) is 37.0 Å². The number of ketones is 1. The lowest BCUT2D eigenvalue weighted by Crippen LogP contribution is -2.51. The fraction of sp³-hybridized carbons (Fsp3) is 0.875. The molecule has 0 aromatic heterocycles. The zero-order chi connectivity index (χ0) is 21.4. The van der Waals surface area contributed by atoms with Crippen LogP contribution in [-0.4, -0.2) is 34.4 Å². The topological polar surface area (TPSA) is 91.7 Å². The van der Waals surface area contributed by atoms with Gasteiger partial charge in [0.1, 0.15) is 12.1 Å². The standard InChI is InChI=1S/C24H38O5/c1-15(4-7-22(28)29)18-5-6-19-17(10-13-25)20(9-12-23(18,19)2)24(3)11-8-16(26)14-21(24)27/h13,15-20,26H,4-12,14H2,1-3H3,(H,28,29). The Hall–Kier alpha value is -1.23. The number of carbonyl (C=O) groups excluding carboxylic acids is 2. The lowest BCUT2D eigenvalue weighted by molar-refractivity contribution is -0.146. The highest BCUT2D eigenvalue weighted by atomic mass is 16.4. The molecule has 0 amide bonds. The number of carboxylic acid groups (broad SMARTS) is 1. The molecule has 29 heavy (non-hydrogen) atoms. The largest absolute Gasteiger partial charge is 0.481 e. The minimum Gasteiger partial charge on any atom is -0.481 e. The van der Waals surface area contributed by atoms with Crippen molar-refractivity contribution in [1.82, 2.24) is 0 Å². The number of rotatable bonds is 7. The number of aliphatic hydroxyl groups is 1. The predicted molar refractivity (Wildman–Crippen MR) is 110 cm³/mol. The maximum absolute atomic E-state index is 13.0. The summed E-state index contributed by atoms with van der Waals surface area (Å²) in [5.41, 5.74) is -0.309. The highest BCUT2D eigenvalue weighted by molar-refractivity contribution is 5.86. The van der Waals surface area contributed by atoms with E-state index >= 15 is 0 Å². The van der Waals surface area contributed by atoms with E-state index < -0.39 is 17.5 Å². The van der Waals surface area contributed by atoms with Crippen LogP contribution in [0.1, 0.15) is 85.0 Å². The van der Waals surface area contributed by atoms with Crippen molar-refractivity contribution in [1.29, 1.82) is 0 Å². The summed E-state index contributed by atoms with van der Waals surface area (Å²) in [6, 6.07) is 0. The van der Waals surface area contributed by atoms with Crippen LogP contribution >= 0.6 is 0 Å². The first-order valence-electron chi connectivity index (χ1n) is 11.5. The van der Waals surface area contributed by atoms with Crippen LogP contribution in [0.5, 0.6) is 0 Å². The van der Waals surface area contributed by atoms with Crippen molar-refractivity contribution in [2.45, 2.75) is 91.1 Å². The monoisotopic (exact) mass is 406 g/mol. The molecule has 3 saturated carbocycles. The second kappa shape index (κ2) is 8.49. The molecule has 3 rings (SSSR count). The van der Waals surface area contributed by atoms with Crippen LogP contribution in [0.3, 0.4) is 0 Å². The van der Waals surface area contributed by atoms with Crippen LogP contribution in [0.15, 0.2) is 0 Å². The zero-order valence-corrected chi connectivity index (χ0v) is 18.2. The van der Waals surface area contributed by atoms with E-state index in [4.69, 9.17) is 5.11 Å². The molecule has 8 atom stereocenters. The van der Waals surface area contributed by atoms with Crippen molar-refractivity contribution >= 4 is 18.0 Å². The summed E-state index contributed by atoms with van der Waals surface area (Å²) in [6.45, 7) is 6.62. The molecule has 0 aliphatic heterocycles.